The van der Waals surface area contributed by atoms with Crippen LogP contribution in [0.2, 0.25) is 5.02 Å². The number of sulfonamides is 1. The number of benzene rings is 1. The molecule has 2 unspecified atom stereocenters. The van der Waals surface area contributed by atoms with Crippen LogP contribution in [-0.2, 0) is 10.0 Å². The molecule has 20 heavy (non-hydrogen) atoms. The zero-order valence-corrected chi connectivity index (χ0v) is 12.3. The normalized spacial score (nSPS) is 25.2. The Labute approximate surface area is 122 Å². The van der Waals surface area contributed by atoms with E-state index in [0.29, 0.717) is 17.5 Å². The van der Waals surface area contributed by atoms with E-state index in [1.807, 2.05) is 4.90 Å². The molecule has 1 heterocycles. The highest BCUT2D eigenvalue weighted by atomic mass is 35.5. The Morgan fingerprint density at radius 2 is 2.10 bits per heavy atom. The lowest BCUT2D eigenvalue weighted by molar-refractivity contribution is 0.0703. The molecule has 2 bridgehead atoms. The Morgan fingerprint density at radius 1 is 1.35 bits per heavy atom. The van der Waals surface area contributed by atoms with Crippen molar-refractivity contribution in [1.82, 2.24) is 4.90 Å². The average Bonchev–Trinajstić information content (AvgIpc) is 2.99. The lowest BCUT2D eigenvalue weighted by Crippen LogP contribution is -2.37. The quantitative estimate of drug-likeness (QED) is 0.900. The number of fused-ring (bicyclic) bond motifs is 2. The molecule has 1 saturated heterocycles. The first-order chi connectivity index (χ1) is 9.36. The van der Waals surface area contributed by atoms with E-state index in [0.717, 1.165) is 19.4 Å². The van der Waals surface area contributed by atoms with Crippen LogP contribution in [0, 0.1) is 5.92 Å². The summed E-state index contributed by atoms with van der Waals surface area (Å²) in [6, 6.07) is 4.52. The average molecular weight is 315 g/mol. The first-order valence-corrected chi connectivity index (χ1v) is 8.42. The van der Waals surface area contributed by atoms with Gasteiger partial charge in [-0.05, 0) is 43.4 Å². The first-order valence-electron chi connectivity index (χ1n) is 6.49. The van der Waals surface area contributed by atoms with Crippen LogP contribution < -0.4 is 5.14 Å². The molecule has 0 spiro atoms. The molecule has 1 saturated carbocycles. The molecule has 1 aliphatic carbocycles. The van der Waals surface area contributed by atoms with E-state index in [1.54, 1.807) is 6.07 Å². The standard InChI is InChI=1S/C13H15ClN2O3S/c14-11-4-2-9(6-12(11)20(15,18)19)13(17)16-7-8-1-3-10(16)5-8/h2,4,6,8,10H,1,3,5,7H2,(H2,15,18,19). The zero-order chi connectivity index (χ0) is 14.5. The number of carbonyl (C=O) groups excluding carboxylic acids is 1. The van der Waals surface area contributed by atoms with Crippen molar-refractivity contribution in [3.8, 4) is 0 Å². The van der Waals surface area contributed by atoms with E-state index in [4.69, 9.17) is 16.7 Å². The van der Waals surface area contributed by atoms with Crippen LogP contribution >= 0.6 is 11.6 Å². The molecule has 0 aromatic heterocycles. The van der Waals surface area contributed by atoms with Crippen LogP contribution in [0.1, 0.15) is 29.6 Å². The third kappa shape index (κ3) is 2.32. The number of primary sulfonamides is 1. The fourth-order valence-electron chi connectivity index (χ4n) is 3.19. The van der Waals surface area contributed by atoms with E-state index in [2.05, 4.69) is 0 Å². The highest BCUT2D eigenvalue weighted by Crippen LogP contribution is 2.38. The third-order valence-corrected chi connectivity index (χ3v) is 5.55. The van der Waals surface area contributed by atoms with Gasteiger partial charge in [0.05, 0.1) is 5.02 Å². The minimum atomic E-state index is -3.93. The van der Waals surface area contributed by atoms with Gasteiger partial charge in [-0.25, -0.2) is 13.6 Å². The van der Waals surface area contributed by atoms with Crippen LogP contribution in [0.5, 0.6) is 0 Å². The summed E-state index contributed by atoms with van der Waals surface area (Å²) >= 11 is 5.82. The molecule has 3 rings (SSSR count). The van der Waals surface area contributed by atoms with E-state index >= 15 is 0 Å². The lowest BCUT2D eigenvalue weighted by Gasteiger charge is -2.27. The molecule has 2 N–H and O–H groups in total. The van der Waals surface area contributed by atoms with Crippen LogP contribution in [0.15, 0.2) is 23.1 Å². The molecule has 2 atom stereocenters. The number of likely N-dealkylation sites (tertiary alicyclic amines) is 1. The van der Waals surface area contributed by atoms with Crippen LogP contribution in [0.25, 0.3) is 0 Å². The number of nitrogens with zero attached hydrogens (tertiary/aromatic N) is 1. The molecule has 2 fully saturated rings. The summed E-state index contributed by atoms with van der Waals surface area (Å²) in [7, 11) is -3.93. The molecule has 7 heteroatoms. The van der Waals surface area contributed by atoms with Gasteiger partial charge in [0, 0.05) is 18.2 Å². The van der Waals surface area contributed by atoms with Gasteiger partial charge in [0.2, 0.25) is 10.0 Å². The second-order valence-corrected chi connectivity index (χ2v) is 7.42. The lowest BCUT2D eigenvalue weighted by atomic mass is 10.1. The maximum Gasteiger partial charge on any atom is 0.254 e. The van der Waals surface area contributed by atoms with Gasteiger partial charge >= 0.3 is 0 Å². The largest absolute Gasteiger partial charge is 0.335 e. The smallest absolute Gasteiger partial charge is 0.254 e. The van der Waals surface area contributed by atoms with Gasteiger partial charge in [0.25, 0.3) is 5.91 Å². The Morgan fingerprint density at radius 3 is 2.65 bits per heavy atom. The molecular weight excluding hydrogens is 300 g/mol. The van der Waals surface area contributed by atoms with Crippen LogP contribution in [0.4, 0.5) is 0 Å². The first kappa shape index (κ1) is 13.9. The van der Waals surface area contributed by atoms with Crippen LogP contribution in [-0.4, -0.2) is 31.8 Å². The van der Waals surface area contributed by atoms with Crippen LogP contribution in [0.3, 0.4) is 0 Å². The molecular formula is C13H15ClN2O3S. The molecule has 1 aliphatic heterocycles. The van der Waals surface area contributed by atoms with E-state index < -0.39 is 10.0 Å². The van der Waals surface area contributed by atoms with Crippen molar-refractivity contribution in [3.63, 3.8) is 0 Å². The number of piperidine rings is 1. The summed E-state index contributed by atoms with van der Waals surface area (Å²) < 4.78 is 22.9. The van der Waals surface area contributed by atoms with E-state index in [1.165, 1.54) is 18.6 Å². The second kappa shape index (κ2) is 4.72. The summed E-state index contributed by atoms with van der Waals surface area (Å²) in [5.74, 6) is 0.452. The predicted octanol–water partition coefficient (Wildman–Crippen LogP) is 1.61. The maximum absolute atomic E-state index is 12.5. The van der Waals surface area contributed by atoms with Gasteiger partial charge in [0.1, 0.15) is 4.90 Å². The highest BCUT2D eigenvalue weighted by molar-refractivity contribution is 7.89. The summed E-state index contributed by atoms with van der Waals surface area (Å²) in [5, 5.41) is 5.14. The summed E-state index contributed by atoms with van der Waals surface area (Å²) in [6.07, 6.45) is 3.27. The molecule has 0 radical (unpaired) electrons. The minimum absolute atomic E-state index is 0.0343. The third-order valence-electron chi connectivity index (χ3n) is 4.15. The monoisotopic (exact) mass is 314 g/mol. The molecule has 5 nitrogen and oxygen atoms in total. The van der Waals surface area contributed by atoms with Gasteiger partial charge < -0.3 is 4.90 Å². The topological polar surface area (TPSA) is 80.5 Å². The molecule has 1 aromatic carbocycles. The highest BCUT2D eigenvalue weighted by Gasteiger charge is 2.40. The molecule has 2 aliphatic rings. The fourth-order valence-corrected chi connectivity index (χ4v) is 4.26. The summed E-state index contributed by atoms with van der Waals surface area (Å²) in [5.41, 5.74) is 0.325. The van der Waals surface area contributed by atoms with Gasteiger partial charge in [0.15, 0.2) is 0 Å². The van der Waals surface area contributed by atoms with Crippen molar-refractivity contribution < 1.29 is 13.2 Å². The predicted molar refractivity (Wildman–Crippen MR) is 75.0 cm³/mol. The number of nitrogens with two attached hydrogens (primary N) is 1. The van der Waals surface area contributed by atoms with Crippen molar-refractivity contribution in [2.75, 3.05) is 6.54 Å². The number of halogens is 1. The molecule has 108 valence electrons. The van der Waals surface area contributed by atoms with Crippen molar-refractivity contribution >= 4 is 27.5 Å². The number of hydrogen-bond donors (Lipinski definition) is 1. The van der Waals surface area contributed by atoms with Crippen molar-refractivity contribution in [2.24, 2.45) is 11.1 Å². The zero-order valence-electron chi connectivity index (χ0n) is 10.8. The Balaban J connectivity index is 1.93. The maximum atomic E-state index is 12.5. The SMILES string of the molecule is NS(=O)(=O)c1cc(C(=O)N2CC3CCC2C3)ccc1Cl. The van der Waals surface area contributed by atoms with Crippen molar-refractivity contribution in [2.45, 2.75) is 30.2 Å². The van der Waals surface area contributed by atoms with Gasteiger partial charge in [-0.2, -0.15) is 0 Å². The summed E-state index contributed by atoms with van der Waals surface area (Å²) in [4.78, 5) is 14.1. The number of hydrogen-bond acceptors (Lipinski definition) is 3. The number of carbonyl (C=O) groups is 1. The molecule has 1 amide bonds. The van der Waals surface area contributed by atoms with E-state index in [-0.39, 0.29) is 15.8 Å². The summed E-state index contributed by atoms with van der Waals surface area (Å²) in [6.45, 7) is 0.761. The van der Waals surface area contributed by atoms with Gasteiger partial charge in [-0.15, -0.1) is 0 Å². The van der Waals surface area contributed by atoms with Gasteiger partial charge in [-0.3, -0.25) is 4.79 Å². The van der Waals surface area contributed by atoms with E-state index in [9.17, 15) is 13.2 Å². The number of rotatable bonds is 2. The number of amides is 1. The Kier molecular flexibility index (Phi) is 3.27. The minimum Gasteiger partial charge on any atom is -0.335 e. The Hall–Kier alpha value is -1.11. The fraction of sp³-hybridized carbons (Fsp3) is 0.462. The van der Waals surface area contributed by atoms with Crippen molar-refractivity contribution in [3.05, 3.63) is 28.8 Å². The van der Waals surface area contributed by atoms with Crippen molar-refractivity contribution in [1.29, 1.82) is 0 Å². The second-order valence-electron chi connectivity index (χ2n) is 5.48. The molecule has 1 aromatic rings. The van der Waals surface area contributed by atoms with Gasteiger partial charge in [-0.1, -0.05) is 11.6 Å². The Bertz CT molecular complexity index is 674.